The van der Waals surface area contributed by atoms with Gasteiger partial charge in [-0.25, -0.2) is 4.79 Å². The molecule has 2 N–H and O–H groups in total. The summed E-state index contributed by atoms with van der Waals surface area (Å²) in [6.45, 7) is 4.85. The van der Waals surface area contributed by atoms with Crippen LogP contribution in [0.2, 0.25) is 0 Å². The minimum atomic E-state index is -0.0127. The van der Waals surface area contributed by atoms with Crippen LogP contribution in [0.3, 0.4) is 0 Å². The molecular formula is C10H20N2O. The van der Waals surface area contributed by atoms with Crippen LogP contribution in [0.5, 0.6) is 0 Å². The molecule has 0 spiro atoms. The first-order valence-corrected chi connectivity index (χ1v) is 5.28. The molecule has 1 aliphatic carbocycles. The molecule has 1 saturated carbocycles. The zero-order chi connectivity index (χ0) is 9.68. The summed E-state index contributed by atoms with van der Waals surface area (Å²) in [5.41, 5.74) is 0. The smallest absolute Gasteiger partial charge is 0.315 e. The largest absolute Gasteiger partial charge is 0.338 e. The van der Waals surface area contributed by atoms with Crippen molar-refractivity contribution in [2.75, 3.05) is 6.54 Å². The lowest BCUT2D eigenvalue weighted by Gasteiger charge is -2.29. The van der Waals surface area contributed by atoms with Gasteiger partial charge in [-0.05, 0) is 25.7 Å². The highest BCUT2D eigenvalue weighted by Gasteiger charge is 2.22. The third kappa shape index (κ3) is 3.25. The van der Waals surface area contributed by atoms with Crippen LogP contribution in [0.15, 0.2) is 0 Å². The Morgan fingerprint density at radius 3 is 2.69 bits per heavy atom. The van der Waals surface area contributed by atoms with Gasteiger partial charge in [-0.3, -0.25) is 0 Å². The number of carbonyl (C=O) groups is 1. The van der Waals surface area contributed by atoms with E-state index >= 15 is 0 Å². The summed E-state index contributed by atoms with van der Waals surface area (Å²) in [6.07, 6.45) is 4.95. The van der Waals surface area contributed by atoms with E-state index in [0.29, 0.717) is 18.5 Å². The highest BCUT2D eigenvalue weighted by molar-refractivity contribution is 5.74. The molecule has 3 nitrogen and oxygen atoms in total. The molecular weight excluding hydrogens is 164 g/mol. The number of hydrogen-bond acceptors (Lipinski definition) is 1. The normalized spacial score (nSPS) is 28.2. The fraction of sp³-hybridized carbons (Fsp3) is 0.900. The van der Waals surface area contributed by atoms with Gasteiger partial charge in [-0.2, -0.15) is 0 Å². The standard InChI is InChI=1S/C10H20N2O/c1-3-11-10(13)12-9-7-5-4-6-8(9)2/h8-9H,3-7H2,1-2H3,(H2,11,12,13). The minimum Gasteiger partial charge on any atom is -0.338 e. The second-order valence-electron chi connectivity index (χ2n) is 3.87. The number of rotatable bonds is 2. The summed E-state index contributed by atoms with van der Waals surface area (Å²) >= 11 is 0. The van der Waals surface area contributed by atoms with Crippen molar-refractivity contribution in [3.05, 3.63) is 0 Å². The Bertz CT molecular complexity index is 170. The van der Waals surface area contributed by atoms with Gasteiger partial charge in [0.25, 0.3) is 0 Å². The number of hydrogen-bond donors (Lipinski definition) is 2. The molecule has 13 heavy (non-hydrogen) atoms. The summed E-state index contributed by atoms with van der Waals surface area (Å²) in [6, 6.07) is 0.376. The van der Waals surface area contributed by atoms with E-state index in [1.54, 1.807) is 0 Å². The van der Waals surface area contributed by atoms with Crippen LogP contribution in [0.1, 0.15) is 39.5 Å². The molecule has 0 radical (unpaired) electrons. The van der Waals surface area contributed by atoms with E-state index in [0.717, 1.165) is 6.42 Å². The van der Waals surface area contributed by atoms with Gasteiger partial charge in [0.2, 0.25) is 0 Å². The van der Waals surface area contributed by atoms with Crippen molar-refractivity contribution in [1.29, 1.82) is 0 Å². The van der Waals surface area contributed by atoms with E-state index < -0.39 is 0 Å². The molecule has 1 fully saturated rings. The van der Waals surface area contributed by atoms with Crippen molar-refractivity contribution < 1.29 is 4.79 Å². The van der Waals surface area contributed by atoms with Gasteiger partial charge in [0.05, 0.1) is 0 Å². The number of nitrogens with one attached hydrogen (secondary N) is 2. The van der Waals surface area contributed by atoms with E-state index in [9.17, 15) is 4.79 Å². The molecule has 0 bridgehead atoms. The van der Waals surface area contributed by atoms with Crippen molar-refractivity contribution in [3.63, 3.8) is 0 Å². The fourth-order valence-corrected chi connectivity index (χ4v) is 1.91. The van der Waals surface area contributed by atoms with E-state index in [1.807, 2.05) is 6.92 Å². The van der Waals surface area contributed by atoms with Crippen molar-refractivity contribution in [2.24, 2.45) is 5.92 Å². The van der Waals surface area contributed by atoms with Gasteiger partial charge in [0.15, 0.2) is 0 Å². The summed E-state index contributed by atoms with van der Waals surface area (Å²) in [5.74, 6) is 0.636. The van der Waals surface area contributed by atoms with Crippen LogP contribution in [-0.2, 0) is 0 Å². The van der Waals surface area contributed by atoms with Gasteiger partial charge >= 0.3 is 6.03 Å². The Labute approximate surface area is 80.3 Å². The Morgan fingerprint density at radius 1 is 1.38 bits per heavy atom. The first-order chi connectivity index (χ1) is 6.24. The third-order valence-electron chi connectivity index (χ3n) is 2.77. The lowest BCUT2D eigenvalue weighted by molar-refractivity contribution is 0.222. The second kappa shape index (κ2) is 5.10. The van der Waals surface area contributed by atoms with Crippen molar-refractivity contribution in [2.45, 2.75) is 45.6 Å². The number of carbonyl (C=O) groups excluding carboxylic acids is 1. The molecule has 2 atom stereocenters. The minimum absolute atomic E-state index is 0.0127. The lowest BCUT2D eigenvalue weighted by Crippen LogP contribution is -2.45. The predicted octanol–water partition coefficient (Wildman–Crippen LogP) is 1.88. The maximum absolute atomic E-state index is 11.2. The molecule has 0 aromatic rings. The van der Waals surface area contributed by atoms with E-state index in [4.69, 9.17) is 0 Å². The van der Waals surface area contributed by atoms with E-state index in [2.05, 4.69) is 17.6 Å². The van der Waals surface area contributed by atoms with Crippen molar-refractivity contribution in [1.82, 2.24) is 10.6 Å². The molecule has 1 aliphatic rings. The SMILES string of the molecule is CCNC(=O)NC1CCCCC1C. The van der Waals surface area contributed by atoms with Crippen LogP contribution < -0.4 is 10.6 Å². The highest BCUT2D eigenvalue weighted by Crippen LogP contribution is 2.23. The summed E-state index contributed by atoms with van der Waals surface area (Å²) < 4.78 is 0. The molecule has 76 valence electrons. The zero-order valence-corrected chi connectivity index (χ0v) is 8.60. The molecule has 0 aromatic carbocycles. The Morgan fingerprint density at radius 2 is 2.08 bits per heavy atom. The van der Waals surface area contributed by atoms with Crippen LogP contribution in [0, 0.1) is 5.92 Å². The monoisotopic (exact) mass is 184 g/mol. The van der Waals surface area contributed by atoms with Crippen LogP contribution in [-0.4, -0.2) is 18.6 Å². The van der Waals surface area contributed by atoms with Crippen molar-refractivity contribution in [3.8, 4) is 0 Å². The topological polar surface area (TPSA) is 41.1 Å². The second-order valence-corrected chi connectivity index (χ2v) is 3.87. The molecule has 2 amide bonds. The van der Waals surface area contributed by atoms with Gasteiger partial charge < -0.3 is 10.6 Å². The van der Waals surface area contributed by atoms with Gasteiger partial charge in [0.1, 0.15) is 0 Å². The predicted molar refractivity (Wildman–Crippen MR) is 53.6 cm³/mol. The Balaban J connectivity index is 2.29. The third-order valence-corrected chi connectivity index (χ3v) is 2.77. The lowest BCUT2D eigenvalue weighted by atomic mass is 9.86. The molecule has 2 unspecified atom stereocenters. The summed E-state index contributed by atoms with van der Waals surface area (Å²) in [7, 11) is 0. The first kappa shape index (κ1) is 10.4. The molecule has 0 aromatic heterocycles. The quantitative estimate of drug-likeness (QED) is 0.676. The molecule has 1 rings (SSSR count). The summed E-state index contributed by atoms with van der Waals surface area (Å²) in [5, 5.41) is 5.78. The summed E-state index contributed by atoms with van der Waals surface area (Å²) in [4.78, 5) is 11.2. The van der Waals surface area contributed by atoms with E-state index in [1.165, 1.54) is 19.3 Å². The zero-order valence-electron chi connectivity index (χ0n) is 8.60. The number of urea groups is 1. The average molecular weight is 184 g/mol. The molecule has 0 aliphatic heterocycles. The maximum atomic E-state index is 11.2. The average Bonchev–Trinajstić information content (AvgIpc) is 2.09. The van der Waals surface area contributed by atoms with Crippen molar-refractivity contribution >= 4 is 6.03 Å². The van der Waals surface area contributed by atoms with Crippen LogP contribution in [0.25, 0.3) is 0 Å². The Hall–Kier alpha value is -0.730. The maximum Gasteiger partial charge on any atom is 0.315 e. The molecule has 3 heteroatoms. The van der Waals surface area contributed by atoms with Crippen LogP contribution >= 0.6 is 0 Å². The van der Waals surface area contributed by atoms with Gasteiger partial charge in [-0.1, -0.05) is 19.8 Å². The number of amides is 2. The Kier molecular flexibility index (Phi) is 4.06. The highest BCUT2D eigenvalue weighted by atomic mass is 16.2. The molecule has 0 heterocycles. The van der Waals surface area contributed by atoms with E-state index in [-0.39, 0.29) is 6.03 Å². The molecule has 0 saturated heterocycles. The first-order valence-electron chi connectivity index (χ1n) is 5.28. The van der Waals surface area contributed by atoms with Gasteiger partial charge in [-0.15, -0.1) is 0 Å². The fourth-order valence-electron chi connectivity index (χ4n) is 1.91. The van der Waals surface area contributed by atoms with Gasteiger partial charge in [0, 0.05) is 12.6 Å². The van der Waals surface area contributed by atoms with Crippen LogP contribution in [0.4, 0.5) is 4.79 Å².